The fourth-order valence-electron chi connectivity index (χ4n) is 1.18. The summed E-state index contributed by atoms with van der Waals surface area (Å²) in [7, 11) is 0. The van der Waals surface area contributed by atoms with Crippen LogP contribution >= 0.6 is 0 Å². The van der Waals surface area contributed by atoms with E-state index in [2.05, 4.69) is 4.98 Å². The number of halogens is 6. The van der Waals surface area contributed by atoms with Crippen molar-refractivity contribution in [2.24, 2.45) is 0 Å². The van der Waals surface area contributed by atoms with Crippen LogP contribution in [0.25, 0.3) is 0 Å². The summed E-state index contributed by atoms with van der Waals surface area (Å²) in [5, 5.41) is 0. The zero-order valence-electron chi connectivity index (χ0n) is 8.08. The molecule has 0 aliphatic carbocycles. The fraction of sp³-hybridized carbons (Fsp3) is 0.444. The Bertz CT molecular complexity index is 379. The average molecular weight is 243 g/mol. The highest BCUT2D eigenvalue weighted by Crippen LogP contribution is 2.34. The van der Waals surface area contributed by atoms with Crippen LogP contribution in [0, 0.1) is 0 Å². The van der Waals surface area contributed by atoms with E-state index in [1.165, 1.54) is 6.92 Å². The topological polar surface area (TPSA) is 12.9 Å². The highest BCUT2D eigenvalue weighted by Gasteiger charge is 2.39. The Morgan fingerprint density at radius 3 is 1.94 bits per heavy atom. The lowest BCUT2D eigenvalue weighted by molar-refractivity contribution is -0.150. The van der Waals surface area contributed by atoms with Crippen molar-refractivity contribution in [2.45, 2.75) is 25.7 Å². The lowest BCUT2D eigenvalue weighted by atomic mass is 10.1. The smallest absolute Gasteiger partial charge is 0.239 e. The predicted molar refractivity (Wildman–Crippen MR) is 43.6 cm³/mol. The zero-order valence-corrected chi connectivity index (χ0v) is 8.08. The summed E-state index contributed by atoms with van der Waals surface area (Å²) in [6.07, 6.45) is -9.77. The molecule has 90 valence electrons. The van der Waals surface area contributed by atoms with Gasteiger partial charge in [-0.05, 0) is 18.1 Å². The third kappa shape index (κ3) is 2.65. The third-order valence-corrected chi connectivity index (χ3v) is 1.92. The molecule has 16 heavy (non-hydrogen) atoms. The standard InChI is InChI=1S/C9H7F6N/c1-2-5-3-4-6(8(10,11)12)16-7(5)9(13,14)15/h3-4H,2H2,1H3. The molecule has 0 atom stereocenters. The van der Waals surface area contributed by atoms with Gasteiger partial charge in [0.05, 0.1) is 0 Å². The predicted octanol–water partition coefficient (Wildman–Crippen LogP) is 3.68. The maximum Gasteiger partial charge on any atom is 0.433 e. The Labute approximate surface area is 87.1 Å². The van der Waals surface area contributed by atoms with Gasteiger partial charge in [-0.2, -0.15) is 26.3 Å². The first-order valence-electron chi connectivity index (χ1n) is 4.30. The number of pyridine rings is 1. The highest BCUT2D eigenvalue weighted by molar-refractivity contribution is 5.26. The van der Waals surface area contributed by atoms with E-state index in [1.54, 1.807) is 0 Å². The molecular formula is C9H7F6N. The van der Waals surface area contributed by atoms with Crippen LogP contribution in [0.3, 0.4) is 0 Å². The molecule has 1 heterocycles. The van der Waals surface area contributed by atoms with Crippen molar-refractivity contribution in [2.75, 3.05) is 0 Å². The molecule has 1 aromatic heterocycles. The maximum absolute atomic E-state index is 12.4. The molecule has 0 fully saturated rings. The largest absolute Gasteiger partial charge is 0.433 e. The van der Waals surface area contributed by atoms with Crippen LogP contribution in [0.2, 0.25) is 0 Å². The Balaban J connectivity index is 3.34. The molecule has 0 amide bonds. The molecular weight excluding hydrogens is 236 g/mol. The van der Waals surface area contributed by atoms with Crippen molar-refractivity contribution < 1.29 is 26.3 Å². The second kappa shape index (κ2) is 3.95. The van der Waals surface area contributed by atoms with Crippen LogP contribution in [-0.4, -0.2) is 4.98 Å². The summed E-state index contributed by atoms with van der Waals surface area (Å²) in [5.74, 6) is 0. The molecule has 0 aromatic carbocycles. The van der Waals surface area contributed by atoms with Gasteiger partial charge in [0.15, 0.2) is 0 Å². The fourth-order valence-corrected chi connectivity index (χ4v) is 1.18. The van der Waals surface area contributed by atoms with E-state index in [1.807, 2.05) is 0 Å². The van der Waals surface area contributed by atoms with Crippen LogP contribution in [0.5, 0.6) is 0 Å². The van der Waals surface area contributed by atoms with Gasteiger partial charge in [-0.15, -0.1) is 0 Å². The first-order valence-corrected chi connectivity index (χ1v) is 4.30. The number of hydrogen-bond acceptors (Lipinski definition) is 1. The van der Waals surface area contributed by atoms with Crippen molar-refractivity contribution in [3.63, 3.8) is 0 Å². The minimum atomic E-state index is -4.87. The van der Waals surface area contributed by atoms with Gasteiger partial charge < -0.3 is 0 Å². The molecule has 0 aliphatic rings. The summed E-state index contributed by atoms with van der Waals surface area (Å²) in [6, 6.07) is 1.35. The van der Waals surface area contributed by atoms with E-state index in [0.717, 1.165) is 6.07 Å². The monoisotopic (exact) mass is 243 g/mol. The van der Waals surface area contributed by atoms with Crippen LogP contribution in [0.15, 0.2) is 12.1 Å². The molecule has 1 nitrogen and oxygen atoms in total. The minimum Gasteiger partial charge on any atom is -0.239 e. The van der Waals surface area contributed by atoms with Gasteiger partial charge in [-0.3, -0.25) is 0 Å². The number of alkyl halides is 6. The summed E-state index contributed by atoms with van der Waals surface area (Å²) >= 11 is 0. The summed E-state index contributed by atoms with van der Waals surface area (Å²) in [5.41, 5.74) is -3.25. The first-order chi connectivity index (χ1) is 7.16. The SMILES string of the molecule is CCc1ccc(C(F)(F)F)nc1C(F)(F)F. The van der Waals surface area contributed by atoms with E-state index >= 15 is 0 Å². The van der Waals surface area contributed by atoms with Crippen molar-refractivity contribution in [1.29, 1.82) is 0 Å². The Morgan fingerprint density at radius 1 is 1.00 bits per heavy atom. The molecule has 1 rings (SSSR count). The quantitative estimate of drug-likeness (QED) is 0.685. The van der Waals surface area contributed by atoms with Crippen molar-refractivity contribution in [1.82, 2.24) is 4.98 Å². The van der Waals surface area contributed by atoms with Gasteiger partial charge >= 0.3 is 12.4 Å². The molecule has 0 spiro atoms. The van der Waals surface area contributed by atoms with Crippen LogP contribution in [0.4, 0.5) is 26.3 Å². The molecule has 0 bridgehead atoms. The second-order valence-corrected chi connectivity index (χ2v) is 3.05. The maximum atomic E-state index is 12.4. The average Bonchev–Trinajstić information content (AvgIpc) is 2.14. The van der Waals surface area contributed by atoms with E-state index in [4.69, 9.17) is 0 Å². The van der Waals surface area contributed by atoms with Crippen LogP contribution in [0.1, 0.15) is 23.9 Å². The van der Waals surface area contributed by atoms with Gasteiger partial charge in [0, 0.05) is 0 Å². The number of aryl methyl sites for hydroxylation is 1. The molecule has 0 N–H and O–H groups in total. The van der Waals surface area contributed by atoms with Crippen molar-refractivity contribution >= 4 is 0 Å². The van der Waals surface area contributed by atoms with Crippen LogP contribution in [-0.2, 0) is 18.8 Å². The normalized spacial score (nSPS) is 12.9. The Morgan fingerprint density at radius 2 is 1.56 bits per heavy atom. The van der Waals surface area contributed by atoms with Gasteiger partial charge in [0.2, 0.25) is 0 Å². The van der Waals surface area contributed by atoms with Gasteiger partial charge in [-0.1, -0.05) is 13.0 Å². The Kier molecular flexibility index (Phi) is 3.16. The third-order valence-electron chi connectivity index (χ3n) is 1.92. The minimum absolute atomic E-state index is 0.0278. The van der Waals surface area contributed by atoms with E-state index in [-0.39, 0.29) is 12.0 Å². The number of aromatic nitrogens is 1. The molecule has 0 saturated heterocycles. The van der Waals surface area contributed by atoms with E-state index in [0.29, 0.717) is 6.07 Å². The lowest BCUT2D eigenvalue weighted by Gasteiger charge is -2.13. The Hall–Kier alpha value is -1.27. The zero-order chi connectivity index (χ0) is 12.6. The van der Waals surface area contributed by atoms with Crippen LogP contribution < -0.4 is 0 Å². The number of nitrogens with zero attached hydrogens (tertiary/aromatic N) is 1. The molecule has 0 unspecified atom stereocenters. The first kappa shape index (κ1) is 12.8. The van der Waals surface area contributed by atoms with Gasteiger partial charge in [-0.25, -0.2) is 4.98 Å². The number of hydrogen-bond donors (Lipinski definition) is 0. The lowest BCUT2D eigenvalue weighted by Crippen LogP contribution is -2.17. The van der Waals surface area contributed by atoms with Crippen molar-refractivity contribution in [3.8, 4) is 0 Å². The molecule has 7 heteroatoms. The second-order valence-electron chi connectivity index (χ2n) is 3.05. The summed E-state index contributed by atoms with van der Waals surface area (Å²) < 4.78 is 73.6. The molecule has 0 aliphatic heterocycles. The highest BCUT2D eigenvalue weighted by atomic mass is 19.4. The van der Waals surface area contributed by atoms with Gasteiger partial charge in [0.25, 0.3) is 0 Å². The van der Waals surface area contributed by atoms with E-state index < -0.39 is 23.7 Å². The van der Waals surface area contributed by atoms with Gasteiger partial charge in [0.1, 0.15) is 11.4 Å². The summed E-state index contributed by atoms with van der Waals surface area (Å²) in [6.45, 7) is 1.42. The molecule has 0 saturated carbocycles. The van der Waals surface area contributed by atoms with Crippen molar-refractivity contribution in [3.05, 3.63) is 29.1 Å². The molecule has 0 radical (unpaired) electrons. The molecule has 1 aromatic rings. The number of rotatable bonds is 1. The van der Waals surface area contributed by atoms with E-state index in [9.17, 15) is 26.3 Å². The summed E-state index contributed by atoms with van der Waals surface area (Å²) in [4.78, 5) is 2.64.